The summed E-state index contributed by atoms with van der Waals surface area (Å²) in [5.74, 6) is -2.58. The second-order valence-corrected chi connectivity index (χ2v) is 5.40. The summed E-state index contributed by atoms with van der Waals surface area (Å²) in [6.07, 6.45) is -0.0759. The molecule has 1 aliphatic heterocycles. The van der Waals surface area contributed by atoms with Gasteiger partial charge in [-0.15, -0.1) is 0 Å². The second-order valence-electron chi connectivity index (χ2n) is 5.40. The molecular formula is C16H18O7. The van der Waals surface area contributed by atoms with Crippen LogP contribution in [0.4, 0.5) is 0 Å². The fourth-order valence-corrected chi connectivity index (χ4v) is 2.14. The summed E-state index contributed by atoms with van der Waals surface area (Å²) in [5.41, 5.74) is 0.0859. The van der Waals surface area contributed by atoms with E-state index in [-0.39, 0.29) is 6.42 Å². The first kappa shape index (κ1) is 16.7. The number of carbonyl (C=O) groups excluding carboxylic acids is 2. The van der Waals surface area contributed by atoms with Crippen LogP contribution in [0.5, 0.6) is 11.5 Å². The van der Waals surface area contributed by atoms with Crippen molar-refractivity contribution in [3.8, 4) is 11.5 Å². The summed E-state index contributed by atoms with van der Waals surface area (Å²) >= 11 is 0. The predicted molar refractivity (Wildman–Crippen MR) is 79.2 cm³/mol. The Morgan fingerprint density at radius 2 is 1.52 bits per heavy atom. The van der Waals surface area contributed by atoms with E-state index in [4.69, 9.17) is 18.9 Å². The van der Waals surface area contributed by atoms with Crippen LogP contribution in [0.25, 0.3) is 0 Å². The molecule has 0 saturated carbocycles. The largest absolute Gasteiger partial charge is 0.511 e. The SMILES string of the molecule is COc1cc(CC(O)=C2C(=O)OC(C)(C)OC2=O)cc(OC)c1. The molecule has 1 heterocycles. The van der Waals surface area contributed by atoms with Gasteiger partial charge in [-0.05, 0) is 17.7 Å². The maximum atomic E-state index is 11.9. The van der Waals surface area contributed by atoms with Gasteiger partial charge in [-0.3, -0.25) is 0 Å². The van der Waals surface area contributed by atoms with Crippen molar-refractivity contribution in [2.45, 2.75) is 26.1 Å². The third-order valence-corrected chi connectivity index (χ3v) is 3.16. The zero-order chi connectivity index (χ0) is 17.2. The maximum absolute atomic E-state index is 11.9. The summed E-state index contributed by atoms with van der Waals surface area (Å²) in [7, 11) is 2.99. The van der Waals surface area contributed by atoms with Crippen molar-refractivity contribution in [2.75, 3.05) is 14.2 Å². The molecule has 0 bridgehead atoms. The Kier molecular flexibility index (Phi) is 4.49. The van der Waals surface area contributed by atoms with Gasteiger partial charge in [0.05, 0.1) is 14.2 Å². The van der Waals surface area contributed by atoms with Crippen molar-refractivity contribution in [3.63, 3.8) is 0 Å². The zero-order valence-electron chi connectivity index (χ0n) is 13.3. The minimum absolute atomic E-state index is 0.0759. The van der Waals surface area contributed by atoms with Gasteiger partial charge in [-0.2, -0.15) is 0 Å². The number of hydrogen-bond donors (Lipinski definition) is 1. The molecule has 0 spiro atoms. The van der Waals surface area contributed by atoms with Crippen LogP contribution in [0.15, 0.2) is 29.5 Å². The van der Waals surface area contributed by atoms with Crippen molar-refractivity contribution < 1.29 is 33.6 Å². The first-order chi connectivity index (χ1) is 10.8. The summed E-state index contributed by atoms with van der Waals surface area (Å²) in [4.78, 5) is 23.8. The lowest BCUT2D eigenvalue weighted by Gasteiger charge is -2.30. The van der Waals surface area contributed by atoms with Gasteiger partial charge in [0.2, 0.25) is 0 Å². The topological polar surface area (TPSA) is 91.3 Å². The fraction of sp³-hybridized carbons (Fsp3) is 0.375. The van der Waals surface area contributed by atoms with Gasteiger partial charge < -0.3 is 24.1 Å². The predicted octanol–water partition coefficient (Wildman–Crippen LogP) is 1.89. The Morgan fingerprint density at radius 3 is 1.96 bits per heavy atom. The lowest BCUT2D eigenvalue weighted by Crippen LogP contribution is -2.42. The van der Waals surface area contributed by atoms with Crippen LogP contribution in [-0.4, -0.2) is 37.1 Å². The minimum atomic E-state index is -1.35. The van der Waals surface area contributed by atoms with Crippen molar-refractivity contribution in [1.82, 2.24) is 0 Å². The number of allylic oxidation sites excluding steroid dienone is 1. The first-order valence-electron chi connectivity index (χ1n) is 6.86. The Bertz CT molecular complexity index is 629. The third-order valence-electron chi connectivity index (χ3n) is 3.16. The smallest absolute Gasteiger partial charge is 0.352 e. The molecule has 1 aliphatic rings. The molecule has 1 fully saturated rings. The summed E-state index contributed by atoms with van der Waals surface area (Å²) < 4.78 is 20.2. The molecule has 124 valence electrons. The lowest BCUT2D eigenvalue weighted by atomic mass is 10.1. The maximum Gasteiger partial charge on any atom is 0.352 e. The average Bonchev–Trinajstić information content (AvgIpc) is 2.44. The number of hydrogen-bond acceptors (Lipinski definition) is 7. The Balaban J connectivity index is 2.32. The number of benzene rings is 1. The molecule has 7 nitrogen and oxygen atoms in total. The van der Waals surface area contributed by atoms with Gasteiger partial charge in [0.25, 0.3) is 5.79 Å². The third kappa shape index (κ3) is 3.74. The highest BCUT2D eigenvalue weighted by Gasteiger charge is 2.41. The Labute approximate surface area is 133 Å². The molecule has 0 unspecified atom stereocenters. The second kappa shape index (κ2) is 6.20. The number of carbonyl (C=O) groups is 2. The molecular weight excluding hydrogens is 304 g/mol. The standard InChI is InChI=1S/C16H18O7/c1-16(2)22-14(18)13(15(19)23-16)12(17)7-9-5-10(20-3)8-11(6-9)21-4/h5-6,8,17H,7H2,1-4H3. The quantitative estimate of drug-likeness (QED) is 0.392. The molecule has 0 atom stereocenters. The lowest BCUT2D eigenvalue weighted by molar-refractivity contribution is -0.222. The number of methoxy groups -OCH3 is 2. The number of ether oxygens (including phenoxy) is 4. The molecule has 0 radical (unpaired) electrons. The fourth-order valence-electron chi connectivity index (χ4n) is 2.14. The van der Waals surface area contributed by atoms with Crippen LogP contribution in [0.1, 0.15) is 19.4 Å². The average molecular weight is 322 g/mol. The molecule has 1 saturated heterocycles. The molecule has 1 aromatic rings. The molecule has 23 heavy (non-hydrogen) atoms. The number of aliphatic hydroxyl groups is 1. The molecule has 0 amide bonds. The molecule has 1 aromatic carbocycles. The Morgan fingerprint density at radius 1 is 1.04 bits per heavy atom. The van der Waals surface area contributed by atoms with Crippen molar-refractivity contribution in [3.05, 3.63) is 35.1 Å². The molecule has 2 rings (SSSR count). The summed E-state index contributed by atoms with van der Waals surface area (Å²) in [6, 6.07) is 4.98. The van der Waals surface area contributed by atoms with Gasteiger partial charge in [0.1, 0.15) is 17.3 Å². The molecule has 0 aromatic heterocycles. The summed E-state index contributed by atoms with van der Waals surface area (Å²) in [6.45, 7) is 2.87. The van der Waals surface area contributed by atoms with E-state index in [1.54, 1.807) is 18.2 Å². The van der Waals surface area contributed by atoms with Gasteiger partial charge in [0.15, 0.2) is 5.57 Å². The highest BCUT2D eigenvalue weighted by atomic mass is 16.7. The van der Waals surface area contributed by atoms with E-state index in [0.29, 0.717) is 17.1 Å². The van der Waals surface area contributed by atoms with Crippen LogP contribution in [0.2, 0.25) is 0 Å². The van der Waals surface area contributed by atoms with Crippen LogP contribution in [0.3, 0.4) is 0 Å². The van der Waals surface area contributed by atoms with E-state index < -0.39 is 29.1 Å². The van der Waals surface area contributed by atoms with E-state index in [0.717, 1.165) is 0 Å². The van der Waals surface area contributed by atoms with Crippen LogP contribution in [0, 0.1) is 0 Å². The van der Waals surface area contributed by atoms with Crippen LogP contribution in [-0.2, 0) is 25.5 Å². The number of aliphatic hydroxyl groups excluding tert-OH is 1. The van der Waals surface area contributed by atoms with E-state index in [1.165, 1.54) is 28.1 Å². The van der Waals surface area contributed by atoms with Gasteiger partial charge in [-0.1, -0.05) is 0 Å². The van der Waals surface area contributed by atoms with Gasteiger partial charge in [-0.25, -0.2) is 9.59 Å². The highest BCUT2D eigenvalue weighted by molar-refractivity contribution is 6.15. The van der Waals surface area contributed by atoms with Crippen molar-refractivity contribution >= 4 is 11.9 Å². The van der Waals surface area contributed by atoms with Crippen molar-refractivity contribution in [2.24, 2.45) is 0 Å². The van der Waals surface area contributed by atoms with E-state index in [9.17, 15) is 14.7 Å². The van der Waals surface area contributed by atoms with Crippen LogP contribution < -0.4 is 9.47 Å². The van der Waals surface area contributed by atoms with Gasteiger partial charge in [0, 0.05) is 26.3 Å². The van der Waals surface area contributed by atoms with E-state index in [2.05, 4.69) is 0 Å². The Hall–Kier alpha value is -2.70. The normalized spacial score (nSPS) is 16.4. The molecule has 7 heteroatoms. The van der Waals surface area contributed by atoms with Gasteiger partial charge >= 0.3 is 11.9 Å². The highest BCUT2D eigenvalue weighted by Crippen LogP contribution is 2.27. The molecule has 0 aliphatic carbocycles. The zero-order valence-corrected chi connectivity index (χ0v) is 13.3. The van der Waals surface area contributed by atoms with E-state index in [1.807, 2.05) is 0 Å². The number of esters is 2. The van der Waals surface area contributed by atoms with E-state index >= 15 is 0 Å². The number of cyclic esters (lactones) is 2. The van der Waals surface area contributed by atoms with Crippen molar-refractivity contribution in [1.29, 1.82) is 0 Å². The molecule has 1 N–H and O–H groups in total. The monoisotopic (exact) mass is 322 g/mol. The van der Waals surface area contributed by atoms with Crippen LogP contribution >= 0.6 is 0 Å². The summed E-state index contributed by atoms with van der Waals surface area (Å²) in [5, 5.41) is 10.2. The first-order valence-corrected chi connectivity index (χ1v) is 6.86. The number of rotatable bonds is 4. The minimum Gasteiger partial charge on any atom is -0.511 e.